The second kappa shape index (κ2) is 61.6. The van der Waals surface area contributed by atoms with Crippen molar-refractivity contribution in [1.29, 1.82) is 1.34 Å². The molecular formula is C79H132BBrN12O3S8U. The van der Waals surface area contributed by atoms with Crippen LogP contribution in [0.2, 0.25) is 0 Å². The van der Waals surface area contributed by atoms with E-state index in [-0.39, 0.29) is 56.0 Å². The number of aromatic nitrogens is 5. The largest absolute Gasteiger partial charge is 0.396 e. The predicted molar refractivity (Wildman–Crippen MR) is 474 cm³/mol. The van der Waals surface area contributed by atoms with Crippen LogP contribution in [-0.4, -0.2) is 234 Å². The summed E-state index contributed by atoms with van der Waals surface area (Å²) in [4.78, 5) is 34.9. The Morgan fingerprint density at radius 1 is 0.524 bits per heavy atom. The van der Waals surface area contributed by atoms with E-state index in [0.29, 0.717) is 46.0 Å². The van der Waals surface area contributed by atoms with Gasteiger partial charge in [-0.15, -0.1) is 0 Å². The molecule has 11 heterocycles. The van der Waals surface area contributed by atoms with Gasteiger partial charge >= 0.3 is 0 Å². The summed E-state index contributed by atoms with van der Waals surface area (Å²) >= 11 is 27.8. The van der Waals surface area contributed by atoms with Gasteiger partial charge in [-0.05, 0) is 291 Å². The fraction of sp³-hybridized carbons (Fsp3) is 0.671. The monoisotopic (exact) mass is 1880 g/mol. The molecule has 0 aliphatic carbocycles. The number of thiocarbonyl (C=S) groups is 1. The third-order valence-electron chi connectivity index (χ3n) is 18.8. The molecule has 6 aliphatic heterocycles. The number of alkyl halides is 1. The summed E-state index contributed by atoms with van der Waals surface area (Å²) in [6.07, 6.45) is 33.7. The van der Waals surface area contributed by atoms with Crippen molar-refractivity contribution >= 4 is 127 Å². The van der Waals surface area contributed by atoms with Crippen molar-refractivity contribution in [3.8, 4) is 0 Å². The van der Waals surface area contributed by atoms with Crippen molar-refractivity contribution in [2.45, 2.75) is 195 Å². The van der Waals surface area contributed by atoms with Crippen LogP contribution in [0, 0.1) is 31.1 Å². The Hall–Kier alpha value is -0.833. The molecule has 5 aromatic rings. The molecule has 0 saturated carbocycles. The van der Waals surface area contributed by atoms with Crippen LogP contribution in [0.25, 0.3) is 0 Å². The summed E-state index contributed by atoms with van der Waals surface area (Å²) in [6, 6.07) is 25.0. The van der Waals surface area contributed by atoms with Crippen molar-refractivity contribution in [2.75, 3.05) is 139 Å². The minimum atomic E-state index is 0. The fourth-order valence-corrected chi connectivity index (χ4v) is 16.7. The van der Waals surface area contributed by atoms with E-state index in [1.54, 1.807) is 0 Å². The standard InChI is InChI=1S/C18H30N2OS2.C16H26N2S2.C13H20N2O.2C13H20N2S.C3H6S.C2H5BrO.CH4N2S.BH.U/c1-15(23-12-10-21)14-22-11-4-5-17-8-7-16(13-19-17)18-6-3-9-20(18)2;1-13(19)12-20-10-4-5-15-8-7-14(11-17-15)16-6-3-9-18(16)2;3*1-15-8-2-5-13(15)11-6-7-12(14-10-11)4-3-9-16;1-3-2-4-3;3-1-2-4;2-1(3)4;;/h7-8,13,15,18,21H,3-6,9-12,14H2,1-2H3;7-8,11,13,16,19H,3-6,9-10,12H2,1-2H3;3*6-7,10,13,16H,2-5,8-9H2,1H3;3H,2H2,1H3;4H,1-2H2;(H4,2,3,4);1H;/i;;;;;;;;1D;. The number of hydrogen-bond acceptors (Lipinski definition) is 21. The smallest absolute Gasteiger partial charge is 0.160 e. The van der Waals surface area contributed by atoms with Gasteiger partial charge in [-0.25, -0.2) is 0 Å². The van der Waals surface area contributed by atoms with Gasteiger partial charge in [-0.2, -0.15) is 84.9 Å². The van der Waals surface area contributed by atoms with E-state index in [1.165, 1.54) is 183 Å². The number of nitrogens with zero attached hydrogens (tertiary/aromatic N) is 10. The van der Waals surface area contributed by atoms with Crippen LogP contribution in [0.4, 0.5) is 0 Å². The number of aliphatic hydroxyl groups is 3. The van der Waals surface area contributed by atoms with Gasteiger partial charge in [0.1, 0.15) is 0 Å². The number of rotatable bonds is 30. The van der Waals surface area contributed by atoms with E-state index in [1.807, 2.05) is 53.2 Å². The molecule has 0 amide bonds. The van der Waals surface area contributed by atoms with Crippen LogP contribution in [0.5, 0.6) is 0 Å². The summed E-state index contributed by atoms with van der Waals surface area (Å²) < 4.78 is 5.25. The molecule has 0 bridgehead atoms. The maximum Gasteiger partial charge on any atom is 0.160 e. The first-order valence-electron chi connectivity index (χ1n) is 38.4. The van der Waals surface area contributed by atoms with Crippen molar-refractivity contribution in [3.05, 3.63) is 148 Å². The van der Waals surface area contributed by atoms with E-state index >= 15 is 0 Å². The minimum absolute atomic E-state index is 0. The van der Waals surface area contributed by atoms with E-state index in [2.05, 4.69) is 277 Å². The van der Waals surface area contributed by atoms with Crippen LogP contribution in [-0.2, 0) is 32.1 Å². The zero-order valence-electron chi connectivity index (χ0n) is 65.7. The first-order valence-corrected chi connectivity index (χ1v) is 45.5. The van der Waals surface area contributed by atoms with E-state index in [0.717, 1.165) is 85.3 Å². The molecule has 8 unspecified atom stereocenters. The van der Waals surface area contributed by atoms with Crippen LogP contribution in [0.1, 0.15) is 204 Å². The van der Waals surface area contributed by atoms with E-state index < -0.39 is 0 Å². The molecule has 2 radical (unpaired) electrons. The van der Waals surface area contributed by atoms with Crippen molar-refractivity contribution in [2.24, 2.45) is 11.5 Å². The number of likely N-dealkylation sites (tertiary alicyclic amines) is 5. The molecular weight excluding hydrogens is 1750 g/mol. The molecule has 8 atom stereocenters. The van der Waals surface area contributed by atoms with Gasteiger partial charge in [-0.3, -0.25) is 49.4 Å². The van der Waals surface area contributed by atoms with Gasteiger partial charge in [0.15, 0.2) is 5.11 Å². The average Bonchev–Trinajstić information content (AvgIpc) is 1.69. The van der Waals surface area contributed by atoms with Crippen LogP contribution < -0.4 is 11.5 Å². The summed E-state index contributed by atoms with van der Waals surface area (Å²) in [5.74, 6) is 8.85. The third kappa shape index (κ3) is 43.9. The molecule has 6 fully saturated rings. The molecule has 5 aromatic heterocycles. The van der Waals surface area contributed by atoms with Crippen LogP contribution >= 0.6 is 113 Å². The average molecular weight is 1880 g/mol. The summed E-state index contributed by atoms with van der Waals surface area (Å²) in [5, 5.41) is 28.2. The number of halogens is 1. The maximum atomic E-state index is 8.82. The van der Waals surface area contributed by atoms with Gasteiger partial charge in [0.05, 0.1) is 13.2 Å². The Morgan fingerprint density at radius 3 is 0.990 bits per heavy atom. The SMILES string of the molecule is CC(CSCCCc1ccc(C2CCCN2C)cn1)SCCO.CC(S)CSCCCc1ccc(C2CCCN2C)cn1.CC1CS1.CN1CCCC1c1ccc(CCCO)nc1.CN1CCCC1c1ccc(CCCS)nc1.CN1CCCC1c1ccc(CCCS)nc1.NC(N)=S.OCCBr.[2H][B].[U]. The molecule has 26 heteroatoms. The molecule has 0 aromatic carbocycles. The van der Waals surface area contributed by atoms with Crippen molar-refractivity contribution < 1.29 is 46.4 Å². The van der Waals surface area contributed by atoms with E-state index in [9.17, 15) is 0 Å². The Labute approximate surface area is 710 Å². The molecule has 105 heavy (non-hydrogen) atoms. The Bertz CT molecular complexity index is 2760. The molecule has 6 aliphatic rings. The van der Waals surface area contributed by atoms with E-state index in [4.69, 9.17) is 16.7 Å². The summed E-state index contributed by atoms with van der Waals surface area (Å²) in [7, 11) is 14.8. The van der Waals surface area contributed by atoms with Gasteiger partial charge < -0.3 is 26.8 Å². The Kier molecular flexibility index (Phi) is 57.8. The fourth-order valence-electron chi connectivity index (χ4n) is 13.0. The zero-order valence-corrected chi connectivity index (χ0v) is 77.3. The summed E-state index contributed by atoms with van der Waals surface area (Å²) in [6.45, 7) is 13.4. The Balaban J connectivity index is 0.000000431. The zero-order chi connectivity index (χ0) is 77.0. The first-order chi connectivity index (χ1) is 50.8. The minimum Gasteiger partial charge on any atom is -0.396 e. The number of aliphatic hydroxyl groups excluding tert-OH is 3. The number of pyridine rings is 5. The quantitative estimate of drug-likeness (QED) is 0.00540. The van der Waals surface area contributed by atoms with Crippen LogP contribution in [0.15, 0.2) is 91.6 Å². The molecule has 7 N–H and O–H groups in total. The predicted octanol–water partition coefficient (Wildman–Crippen LogP) is 14.7. The third-order valence-corrected chi connectivity index (χ3v) is 25.2. The number of thioether (sulfide) groups is 4. The second-order valence-electron chi connectivity index (χ2n) is 27.7. The Morgan fingerprint density at radius 2 is 0.790 bits per heavy atom. The number of thiol groups is 3. The van der Waals surface area contributed by atoms with Crippen molar-refractivity contribution in [1.82, 2.24) is 49.4 Å². The normalized spacial score (nSPS) is 20.4. The van der Waals surface area contributed by atoms with Gasteiger partial charge in [-0.1, -0.05) is 67.0 Å². The molecule has 11 rings (SSSR count). The topological polar surface area (TPSA) is 193 Å². The van der Waals surface area contributed by atoms with Gasteiger partial charge in [0.25, 0.3) is 0 Å². The number of nitrogens with two attached hydrogens (primary N) is 2. The summed E-state index contributed by atoms with van der Waals surface area (Å²) in [5.41, 5.74) is 22.0. The second-order valence-corrected chi connectivity index (χ2v) is 36.0. The molecule has 15 nitrogen and oxygen atoms in total. The van der Waals surface area contributed by atoms with Crippen molar-refractivity contribution in [3.63, 3.8) is 0 Å². The van der Waals surface area contributed by atoms with Crippen LogP contribution in [0.3, 0.4) is 0 Å². The van der Waals surface area contributed by atoms with Gasteiger partial charge in [0, 0.05) is 180 Å². The molecule has 588 valence electrons. The number of hydrogen-bond donors (Lipinski definition) is 8. The molecule has 0 spiro atoms. The first kappa shape index (κ1) is 98.4. The van der Waals surface area contributed by atoms with Gasteiger partial charge in [0.2, 0.25) is 0 Å². The number of aryl methyl sites for hydroxylation is 5. The molecule has 6 saturated heterocycles. The maximum absolute atomic E-state index is 8.82.